The van der Waals surface area contributed by atoms with E-state index in [4.69, 9.17) is 17.3 Å². The van der Waals surface area contributed by atoms with Crippen molar-refractivity contribution in [3.8, 4) is 5.75 Å². The van der Waals surface area contributed by atoms with E-state index in [1.54, 1.807) is 0 Å². The van der Waals surface area contributed by atoms with Gasteiger partial charge in [0.15, 0.2) is 0 Å². The number of halogens is 4. The topological polar surface area (TPSA) is 46.2 Å². The molecule has 0 saturated heterocycles. The molecule has 0 amide bonds. The highest BCUT2D eigenvalue weighted by Gasteiger charge is 2.43. The van der Waals surface area contributed by atoms with Gasteiger partial charge in [-0.15, -0.1) is 0 Å². The van der Waals surface area contributed by atoms with Gasteiger partial charge in [0.2, 0.25) is 0 Å². The number of hydrogen-bond donors (Lipinski definition) is 2. The summed E-state index contributed by atoms with van der Waals surface area (Å²) in [7, 11) is 0. The normalized spacial score (nSPS) is 18.5. The summed E-state index contributed by atoms with van der Waals surface area (Å²) in [5, 5.41) is 9.81. The molecule has 2 nitrogen and oxygen atoms in total. The Labute approximate surface area is 108 Å². The second-order valence-electron chi connectivity index (χ2n) is 4.69. The highest BCUT2D eigenvalue weighted by Crippen LogP contribution is 2.50. The summed E-state index contributed by atoms with van der Waals surface area (Å²) >= 11 is 5.72. The van der Waals surface area contributed by atoms with E-state index < -0.39 is 22.9 Å². The molecule has 1 aromatic rings. The molecule has 0 aromatic heterocycles. The van der Waals surface area contributed by atoms with Crippen molar-refractivity contribution in [3.63, 3.8) is 0 Å². The summed E-state index contributed by atoms with van der Waals surface area (Å²) in [6.07, 6.45) is -2.38. The number of aromatic hydroxyl groups is 1. The predicted octanol–water partition coefficient (Wildman–Crippen LogP) is 3.44. The number of phenols is 1. The van der Waals surface area contributed by atoms with Crippen LogP contribution < -0.4 is 5.73 Å². The van der Waals surface area contributed by atoms with Crippen LogP contribution in [0.5, 0.6) is 5.75 Å². The minimum Gasteiger partial charge on any atom is -0.507 e. The summed E-state index contributed by atoms with van der Waals surface area (Å²) in [5.74, 6) is -0.739. The lowest BCUT2D eigenvalue weighted by molar-refractivity contribution is -0.138. The molecule has 1 aliphatic rings. The number of nitrogens with two attached hydrogens (primary N) is 1. The van der Waals surface area contributed by atoms with E-state index in [0.717, 1.165) is 12.5 Å². The van der Waals surface area contributed by atoms with Crippen molar-refractivity contribution < 1.29 is 18.3 Å². The van der Waals surface area contributed by atoms with Crippen LogP contribution in [0.2, 0.25) is 5.02 Å². The Morgan fingerprint density at radius 2 is 1.94 bits per heavy atom. The molecule has 1 aromatic carbocycles. The van der Waals surface area contributed by atoms with Gasteiger partial charge in [-0.2, -0.15) is 13.2 Å². The van der Waals surface area contributed by atoms with E-state index in [0.29, 0.717) is 12.8 Å². The molecule has 6 heteroatoms. The standard InChI is InChI=1S/C12H13ClF3NO/c13-7-4-8(11(6-17)2-1-3-11)10(18)9(5-7)12(14,15)16/h4-5,18H,1-3,6,17H2. The van der Waals surface area contributed by atoms with Crippen LogP contribution >= 0.6 is 11.6 Å². The van der Waals surface area contributed by atoms with E-state index >= 15 is 0 Å². The molecule has 0 radical (unpaired) electrons. The Morgan fingerprint density at radius 3 is 2.33 bits per heavy atom. The highest BCUT2D eigenvalue weighted by atomic mass is 35.5. The Balaban J connectivity index is 2.58. The molecule has 1 fully saturated rings. The molecule has 0 spiro atoms. The quantitative estimate of drug-likeness (QED) is 0.871. The van der Waals surface area contributed by atoms with E-state index in [1.165, 1.54) is 6.07 Å². The van der Waals surface area contributed by atoms with Crippen molar-refractivity contribution in [1.29, 1.82) is 0 Å². The van der Waals surface area contributed by atoms with Crippen molar-refractivity contribution in [3.05, 3.63) is 28.3 Å². The van der Waals surface area contributed by atoms with Crippen molar-refractivity contribution in [2.75, 3.05) is 6.54 Å². The van der Waals surface area contributed by atoms with Crippen molar-refractivity contribution >= 4 is 11.6 Å². The van der Waals surface area contributed by atoms with Crippen molar-refractivity contribution in [1.82, 2.24) is 0 Å². The van der Waals surface area contributed by atoms with Gasteiger partial charge in [0.1, 0.15) is 5.75 Å². The minimum absolute atomic E-state index is 0.0325. The van der Waals surface area contributed by atoms with Crippen LogP contribution in [0.1, 0.15) is 30.4 Å². The third-order valence-electron chi connectivity index (χ3n) is 3.65. The Kier molecular flexibility index (Phi) is 3.23. The molecule has 100 valence electrons. The number of hydrogen-bond acceptors (Lipinski definition) is 2. The average molecular weight is 280 g/mol. The molecular weight excluding hydrogens is 267 g/mol. The molecule has 1 saturated carbocycles. The molecule has 0 aliphatic heterocycles. The van der Waals surface area contributed by atoms with Gasteiger partial charge in [-0.3, -0.25) is 0 Å². The first kappa shape index (κ1) is 13.5. The minimum atomic E-state index is -4.62. The van der Waals surface area contributed by atoms with Crippen LogP contribution in [0, 0.1) is 0 Å². The maximum Gasteiger partial charge on any atom is 0.420 e. The van der Waals surface area contributed by atoms with Gasteiger partial charge in [0.05, 0.1) is 5.56 Å². The fourth-order valence-electron chi connectivity index (χ4n) is 2.41. The fourth-order valence-corrected chi connectivity index (χ4v) is 2.62. The molecule has 0 unspecified atom stereocenters. The maximum absolute atomic E-state index is 12.8. The molecule has 2 rings (SSSR count). The lowest BCUT2D eigenvalue weighted by Gasteiger charge is -2.42. The number of benzene rings is 1. The maximum atomic E-state index is 12.8. The largest absolute Gasteiger partial charge is 0.507 e. The third-order valence-corrected chi connectivity index (χ3v) is 3.87. The van der Waals surface area contributed by atoms with Gasteiger partial charge < -0.3 is 10.8 Å². The average Bonchev–Trinajstić information content (AvgIpc) is 2.20. The first-order chi connectivity index (χ1) is 8.30. The summed E-state index contributed by atoms with van der Waals surface area (Å²) in [6.45, 7) is 0.207. The van der Waals surface area contributed by atoms with Gasteiger partial charge in [-0.1, -0.05) is 18.0 Å². The first-order valence-electron chi connectivity index (χ1n) is 5.60. The van der Waals surface area contributed by atoms with E-state index in [-0.39, 0.29) is 17.1 Å². The zero-order valence-corrected chi connectivity index (χ0v) is 10.3. The van der Waals surface area contributed by atoms with Gasteiger partial charge >= 0.3 is 6.18 Å². The number of rotatable bonds is 2. The molecule has 3 N–H and O–H groups in total. The molecule has 0 bridgehead atoms. The van der Waals surface area contributed by atoms with Crippen LogP contribution in [0.3, 0.4) is 0 Å². The molecule has 18 heavy (non-hydrogen) atoms. The van der Waals surface area contributed by atoms with E-state index in [9.17, 15) is 18.3 Å². The Hall–Kier alpha value is -0.940. The van der Waals surface area contributed by atoms with Gasteiger partial charge in [-0.05, 0) is 25.0 Å². The van der Waals surface area contributed by atoms with Crippen LogP contribution in [0.4, 0.5) is 13.2 Å². The fraction of sp³-hybridized carbons (Fsp3) is 0.500. The summed E-state index contributed by atoms with van der Waals surface area (Å²) in [5.41, 5.74) is 4.21. The van der Waals surface area contributed by atoms with E-state index in [2.05, 4.69) is 0 Å². The third kappa shape index (κ3) is 2.06. The van der Waals surface area contributed by atoms with Gasteiger partial charge in [0, 0.05) is 22.5 Å². The SMILES string of the molecule is NCC1(c2cc(Cl)cc(C(F)(F)F)c2O)CCC1. The highest BCUT2D eigenvalue weighted by molar-refractivity contribution is 6.30. The lowest BCUT2D eigenvalue weighted by atomic mass is 9.64. The predicted molar refractivity (Wildman–Crippen MR) is 62.7 cm³/mol. The van der Waals surface area contributed by atoms with Crippen molar-refractivity contribution in [2.45, 2.75) is 30.9 Å². The van der Waals surface area contributed by atoms with Crippen LogP contribution in [-0.4, -0.2) is 11.7 Å². The van der Waals surface area contributed by atoms with E-state index in [1.807, 2.05) is 0 Å². The van der Waals surface area contributed by atoms with Crippen molar-refractivity contribution in [2.24, 2.45) is 5.73 Å². The monoisotopic (exact) mass is 279 g/mol. The van der Waals surface area contributed by atoms with Crippen LogP contribution in [0.25, 0.3) is 0 Å². The second kappa shape index (κ2) is 4.31. The van der Waals surface area contributed by atoms with Crippen LogP contribution in [0.15, 0.2) is 12.1 Å². The molecular formula is C12H13ClF3NO. The zero-order valence-electron chi connectivity index (χ0n) is 9.52. The summed E-state index contributed by atoms with van der Waals surface area (Å²) in [4.78, 5) is 0. The Morgan fingerprint density at radius 1 is 1.33 bits per heavy atom. The Bertz CT molecular complexity index is 464. The van der Waals surface area contributed by atoms with Crippen LogP contribution in [-0.2, 0) is 11.6 Å². The number of phenolic OH excluding ortho intramolecular Hbond substituents is 1. The smallest absolute Gasteiger partial charge is 0.420 e. The molecule has 0 atom stereocenters. The summed E-state index contributed by atoms with van der Waals surface area (Å²) in [6, 6.07) is 2.13. The first-order valence-corrected chi connectivity index (χ1v) is 5.98. The van der Waals surface area contributed by atoms with Gasteiger partial charge in [0.25, 0.3) is 0 Å². The number of alkyl halides is 3. The zero-order chi connectivity index (χ0) is 13.6. The lowest BCUT2D eigenvalue weighted by Crippen LogP contribution is -2.41. The summed E-state index contributed by atoms with van der Waals surface area (Å²) < 4.78 is 38.3. The molecule has 0 heterocycles. The molecule has 1 aliphatic carbocycles. The van der Waals surface area contributed by atoms with Gasteiger partial charge in [-0.25, -0.2) is 0 Å². The second-order valence-corrected chi connectivity index (χ2v) is 5.12.